The van der Waals surface area contributed by atoms with Gasteiger partial charge in [0.05, 0.1) is 0 Å². The molecule has 0 saturated carbocycles. The standard InChI is InChI=1S/C13H11F3O4/c14-13(15,16)9-20-12(18)7-6-11(17)19-8-10-4-2-1-3-5-10/h1-7H,8-9H2/b7-6+. The maximum absolute atomic E-state index is 11.7. The van der Waals surface area contributed by atoms with Crippen molar-refractivity contribution in [2.24, 2.45) is 0 Å². The quantitative estimate of drug-likeness (QED) is 0.616. The van der Waals surface area contributed by atoms with Crippen LogP contribution >= 0.6 is 0 Å². The molecule has 0 atom stereocenters. The number of hydrogen-bond donors (Lipinski definition) is 0. The van der Waals surface area contributed by atoms with Gasteiger partial charge < -0.3 is 9.47 Å². The van der Waals surface area contributed by atoms with E-state index in [-0.39, 0.29) is 6.61 Å². The first kappa shape index (κ1) is 15.7. The van der Waals surface area contributed by atoms with E-state index in [1.54, 1.807) is 30.3 Å². The second-order valence-corrected chi connectivity index (χ2v) is 3.65. The van der Waals surface area contributed by atoms with Crippen molar-refractivity contribution in [3.63, 3.8) is 0 Å². The number of halogens is 3. The minimum atomic E-state index is -4.60. The van der Waals surface area contributed by atoms with Crippen molar-refractivity contribution in [1.29, 1.82) is 0 Å². The van der Waals surface area contributed by atoms with E-state index in [2.05, 4.69) is 4.74 Å². The molecule has 0 spiro atoms. The zero-order chi connectivity index (χ0) is 15.0. The van der Waals surface area contributed by atoms with Crippen molar-refractivity contribution >= 4 is 11.9 Å². The van der Waals surface area contributed by atoms with Crippen molar-refractivity contribution in [1.82, 2.24) is 0 Å². The van der Waals surface area contributed by atoms with Gasteiger partial charge >= 0.3 is 18.1 Å². The highest BCUT2D eigenvalue weighted by Gasteiger charge is 2.29. The fraction of sp³-hybridized carbons (Fsp3) is 0.231. The number of carbonyl (C=O) groups is 2. The predicted octanol–water partition coefficient (Wildman–Crippen LogP) is 2.39. The van der Waals surface area contributed by atoms with Gasteiger partial charge in [0, 0.05) is 12.2 Å². The number of rotatable bonds is 5. The largest absolute Gasteiger partial charge is 0.458 e. The Morgan fingerprint density at radius 1 is 1.00 bits per heavy atom. The van der Waals surface area contributed by atoms with Gasteiger partial charge in [0.25, 0.3) is 0 Å². The fourth-order valence-electron chi connectivity index (χ4n) is 1.11. The number of benzene rings is 1. The van der Waals surface area contributed by atoms with Gasteiger partial charge in [-0.1, -0.05) is 30.3 Å². The highest BCUT2D eigenvalue weighted by atomic mass is 19.4. The molecule has 1 aromatic rings. The first-order chi connectivity index (χ1) is 9.37. The smallest absolute Gasteiger partial charge is 0.422 e. The van der Waals surface area contributed by atoms with Crippen molar-refractivity contribution in [3.8, 4) is 0 Å². The van der Waals surface area contributed by atoms with E-state index >= 15 is 0 Å². The molecule has 0 aliphatic rings. The molecule has 0 aliphatic carbocycles. The predicted molar refractivity (Wildman–Crippen MR) is 62.4 cm³/mol. The molecule has 20 heavy (non-hydrogen) atoms. The summed E-state index contributed by atoms with van der Waals surface area (Å²) in [6, 6.07) is 8.77. The molecular formula is C13H11F3O4. The van der Waals surface area contributed by atoms with Gasteiger partial charge in [-0.05, 0) is 5.56 Å². The normalized spacial score (nSPS) is 11.3. The third-order valence-corrected chi connectivity index (χ3v) is 1.96. The summed E-state index contributed by atoms with van der Waals surface area (Å²) in [7, 11) is 0. The van der Waals surface area contributed by atoms with E-state index in [1.165, 1.54) is 0 Å². The Balaban J connectivity index is 2.31. The van der Waals surface area contributed by atoms with Gasteiger partial charge in [0.1, 0.15) is 6.61 Å². The van der Waals surface area contributed by atoms with Gasteiger partial charge in [-0.2, -0.15) is 13.2 Å². The van der Waals surface area contributed by atoms with Crippen LogP contribution in [-0.2, 0) is 25.7 Å². The number of hydrogen-bond acceptors (Lipinski definition) is 4. The monoisotopic (exact) mass is 288 g/mol. The molecule has 0 saturated heterocycles. The maximum atomic E-state index is 11.7. The van der Waals surface area contributed by atoms with Gasteiger partial charge in [0.15, 0.2) is 6.61 Å². The van der Waals surface area contributed by atoms with Crippen LogP contribution < -0.4 is 0 Å². The Morgan fingerprint density at radius 3 is 2.10 bits per heavy atom. The molecule has 7 heteroatoms. The van der Waals surface area contributed by atoms with Crippen LogP contribution in [0, 0.1) is 0 Å². The molecule has 0 aliphatic heterocycles. The van der Waals surface area contributed by atoms with Crippen LogP contribution in [-0.4, -0.2) is 24.7 Å². The van der Waals surface area contributed by atoms with E-state index in [1.807, 2.05) is 0 Å². The lowest BCUT2D eigenvalue weighted by Crippen LogP contribution is -2.19. The molecule has 1 rings (SSSR count). The second-order valence-electron chi connectivity index (χ2n) is 3.65. The number of esters is 2. The van der Waals surface area contributed by atoms with Crippen LogP contribution in [0.25, 0.3) is 0 Å². The van der Waals surface area contributed by atoms with E-state index < -0.39 is 24.7 Å². The van der Waals surface area contributed by atoms with E-state index in [0.717, 1.165) is 5.56 Å². The summed E-state index contributed by atoms with van der Waals surface area (Å²) in [5, 5.41) is 0. The zero-order valence-electron chi connectivity index (χ0n) is 10.2. The minimum absolute atomic E-state index is 0.00160. The molecule has 0 radical (unpaired) electrons. The summed E-state index contributed by atoms with van der Waals surface area (Å²) >= 11 is 0. The summed E-state index contributed by atoms with van der Waals surface area (Å²) in [5.41, 5.74) is 0.744. The summed E-state index contributed by atoms with van der Waals surface area (Å²) in [5.74, 6) is -2.11. The van der Waals surface area contributed by atoms with Gasteiger partial charge in [0.2, 0.25) is 0 Å². The minimum Gasteiger partial charge on any atom is -0.458 e. The van der Waals surface area contributed by atoms with Crippen LogP contribution in [0.2, 0.25) is 0 Å². The van der Waals surface area contributed by atoms with E-state index in [4.69, 9.17) is 4.74 Å². The molecule has 108 valence electrons. The first-order valence-corrected chi connectivity index (χ1v) is 5.49. The van der Waals surface area contributed by atoms with E-state index in [9.17, 15) is 22.8 Å². The Bertz CT molecular complexity index is 480. The molecule has 0 bridgehead atoms. The van der Waals surface area contributed by atoms with Crippen LogP contribution in [0.5, 0.6) is 0 Å². The zero-order valence-corrected chi connectivity index (χ0v) is 10.2. The van der Waals surface area contributed by atoms with Gasteiger partial charge in [-0.25, -0.2) is 9.59 Å². The van der Waals surface area contributed by atoms with Crippen molar-refractivity contribution in [2.45, 2.75) is 12.8 Å². The number of carbonyl (C=O) groups excluding carboxylic acids is 2. The van der Waals surface area contributed by atoms with Gasteiger partial charge in [-0.15, -0.1) is 0 Å². The molecule has 0 heterocycles. The molecule has 4 nitrogen and oxygen atoms in total. The third kappa shape index (κ3) is 7.20. The summed E-state index contributed by atoms with van der Waals surface area (Å²) < 4.78 is 43.8. The van der Waals surface area contributed by atoms with E-state index in [0.29, 0.717) is 12.2 Å². The Hall–Kier alpha value is -2.31. The number of alkyl halides is 3. The Morgan fingerprint density at radius 2 is 1.55 bits per heavy atom. The summed E-state index contributed by atoms with van der Waals surface area (Å²) in [6.07, 6.45) is -3.31. The molecule has 0 fully saturated rings. The Labute approximate surface area is 112 Å². The van der Waals surface area contributed by atoms with Crippen molar-refractivity contribution in [3.05, 3.63) is 48.0 Å². The SMILES string of the molecule is O=C(/C=C/C(=O)OCC(F)(F)F)OCc1ccccc1. The molecule has 0 aromatic heterocycles. The third-order valence-electron chi connectivity index (χ3n) is 1.96. The lowest BCUT2D eigenvalue weighted by Gasteiger charge is -2.05. The lowest BCUT2D eigenvalue weighted by atomic mass is 10.2. The molecule has 0 unspecified atom stereocenters. The topological polar surface area (TPSA) is 52.6 Å². The average Bonchev–Trinajstić information content (AvgIpc) is 2.41. The summed E-state index contributed by atoms with van der Waals surface area (Å²) in [4.78, 5) is 22.0. The molecule has 0 amide bonds. The Kier molecular flexibility index (Phi) is 5.76. The highest BCUT2D eigenvalue weighted by Crippen LogP contribution is 2.14. The lowest BCUT2D eigenvalue weighted by molar-refractivity contribution is -0.182. The first-order valence-electron chi connectivity index (χ1n) is 5.49. The van der Waals surface area contributed by atoms with Crippen molar-refractivity contribution < 1.29 is 32.2 Å². The van der Waals surface area contributed by atoms with Gasteiger partial charge in [-0.3, -0.25) is 0 Å². The van der Waals surface area contributed by atoms with Crippen LogP contribution in [0.3, 0.4) is 0 Å². The average molecular weight is 288 g/mol. The molecular weight excluding hydrogens is 277 g/mol. The second kappa shape index (κ2) is 7.32. The molecule has 1 aromatic carbocycles. The fourth-order valence-corrected chi connectivity index (χ4v) is 1.11. The number of ether oxygens (including phenoxy) is 2. The molecule has 0 N–H and O–H groups in total. The maximum Gasteiger partial charge on any atom is 0.422 e. The van der Waals surface area contributed by atoms with Crippen LogP contribution in [0.4, 0.5) is 13.2 Å². The van der Waals surface area contributed by atoms with Crippen LogP contribution in [0.15, 0.2) is 42.5 Å². The van der Waals surface area contributed by atoms with Crippen molar-refractivity contribution in [2.75, 3.05) is 6.61 Å². The van der Waals surface area contributed by atoms with Crippen LogP contribution in [0.1, 0.15) is 5.56 Å². The summed E-state index contributed by atoms with van der Waals surface area (Å²) in [6.45, 7) is -1.70. The highest BCUT2D eigenvalue weighted by molar-refractivity contribution is 5.91.